The van der Waals surface area contributed by atoms with Gasteiger partial charge in [0.15, 0.2) is 0 Å². The van der Waals surface area contributed by atoms with Gasteiger partial charge in [0.2, 0.25) is 5.76 Å². The van der Waals surface area contributed by atoms with E-state index in [9.17, 15) is 9.18 Å². The number of nitrogens with zero attached hydrogens (tertiary/aromatic N) is 2. The standard InChI is InChI=1S/C17H19FN2O2/c1-11(2)14-10-16(22-19-14)17(21)20-8-4-7-15(20)12-5-3-6-13(18)9-12/h3,5-6,9-11,15H,4,7-8H2,1-2H3/t15-/m1/s1. The second kappa shape index (κ2) is 5.91. The van der Waals surface area contributed by atoms with Gasteiger partial charge in [-0.1, -0.05) is 31.1 Å². The van der Waals surface area contributed by atoms with Crippen molar-refractivity contribution >= 4 is 5.91 Å². The van der Waals surface area contributed by atoms with Crippen LogP contribution in [0, 0.1) is 5.82 Å². The van der Waals surface area contributed by atoms with E-state index in [-0.39, 0.29) is 29.4 Å². The van der Waals surface area contributed by atoms with E-state index in [1.54, 1.807) is 17.0 Å². The van der Waals surface area contributed by atoms with Gasteiger partial charge in [-0.2, -0.15) is 0 Å². The molecule has 0 bridgehead atoms. The normalized spacial score (nSPS) is 18.2. The van der Waals surface area contributed by atoms with Gasteiger partial charge in [-0.25, -0.2) is 4.39 Å². The molecule has 1 saturated heterocycles. The van der Waals surface area contributed by atoms with Crippen LogP contribution in [0.1, 0.15) is 60.5 Å². The summed E-state index contributed by atoms with van der Waals surface area (Å²) >= 11 is 0. The van der Waals surface area contributed by atoms with Crippen molar-refractivity contribution in [3.8, 4) is 0 Å². The molecule has 1 aromatic heterocycles. The minimum atomic E-state index is -0.279. The van der Waals surface area contributed by atoms with Crippen molar-refractivity contribution < 1.29 is 13.7 Å². The maximum Gasteiger partial charge on any atom is 0.292 e. The van der Waals surface area contributed by atoms with Gasteiger partial charge in [0.05, 0.1) is 11.7 Å². The van der Waals surface area contributed by atoms with Crippen molar-refractivity contribution in [3.63, 3.8) is 0 Å². The van der Waals surface area contributed by atoms with Gasteiger partial charge in [0, 0.05) is 12.6 Å². The van der Waals surface area contributed by atoms with Crippen LogP contribution in [0.2, 0.25) is 0 Å². The number of amides is 1. The highest BCUT2D eigenvalue weighted by Gasteiger charge is 2.32. The molecule has 22 heavy (non-hydrogen) atoms. The number of rotatable bonds is 3. The fourth-order valence-corrected chi connectivity index (χ4v) is 2.87. The molecule has 3 rings (SSSR count). The SMILES string of the molecule is CC(C)c1cc(C(=O)N2CCC[C@@H]2c2cccc(F)c2)on1. The number of benzene rings is 1. The van der Waals surface area contributed by atoms with Gasteiger partial charge >= 0.3 is 0 Å². The van der Waals surface area contributed by atoms with Crippen molar-refractivity contribution in [3.05, 3.63) is 53.2 Å². The largest absolute Gasteiger partial charge is 0.351 e. The van der Waals surface area contributed by atoms with Crippen LogP contribution >= 0.6 is 0 Å². The zero-order chi connectivity index (χ0) is 15.7. The molecular weight excluding hydrogens is 283 g/mol. The van der Waals surface area contributed by atoms with Crippen LogP contribution in [0.3, 0.4) is 0 Å². The van der Waals surface area contributed by atoms with Crippen LogP contribution in [0.5, 0.6) is 0 Å². The zero-order valence-electron chi connectivity index (χ0n) is 12.8. The Morgan fingerprint density at radius 2 is 2.23 bits per heavy atom. The van der Waals surface area contributed by atoms with E-state index in [0.29, 0.717) is 6.54 Å². The van der Waals surface area contributed by atoms with Gasteiger partial charge in [-0.3, -0.25) is 4.79 Å². The molecule has 1 atom stereocenters. The highest BCUT2D eigenvalue weighted by atomic mass is 19.1. The van der Waals surface area contributed by atoms with Crippen molar-refractivity contribution in [2.24, 2.45) is 0 Å². The number of aromatic nitrogens is 1. The second-order valence-electron chi connectivity index (χ2n) is 5.98. The Labute approximate surface area is 128 Å². The van der Waals surface area contributed by atoms with Crippen LogP contribution in [-0.2, 0) is 0 Å². The third-order valence-electron chi connectivity index (χ3n) is 4.08. The fraction of sp³-hybridized carbons (Fsp3) is 0.412. The predicted molar refractivity (Wildman–Crippen MR) is 80.0 cm³/mol. The number of halogens is 1. The summed E-state index contributed by atoms with van der Waals surface area (Å²) in [7, 11) is 0. The number of carbonyl (C=O) groups is 1. The lowest BCUT2D eigenvalue weighted by molar-refractivity contribution is 0.0693. The summed E-state index contributed by atoms with van der Waals surface area (Å²) in [5, 5.41) is 3.94. The van der Waals surface area contributed by atoms with Crippen molar-refractivity contribution in [2.75, 3.05) is 6.54 Å². The quantitative estimate of drug-likeness (QED) is 0.863. The molecule has 1 fully saturated rings. The summed E-state index contributed by atoms with van der Waals surface area (Å²) in [6.45, 7) is 4.65. The Kier molecular flexibility index (Phi) is 3.96. The van der Waals surface area contributed by atoms with E-state index in [0.717, 1.165) is 24.1 Å². The molecule has 0 saturated carbocycles. The molecule has 1 amide bonds. The summed E-state index contributed by atoms with van der Waals surface area (Å²) in [5.41, 5.74) is 1.60. The molecule has 5 heteroatoms. The number of carbonyl (C=O) groups excluding carboxylic acids is 1. The van der Waals surface area contributed by atoms with Crippen molar-refractivity contribution in [1.82, 2.24) is 10.1 Å². The van der Waals surface area contributed by atoms with E-state index < -0.39 is 0 Å². The highest BCUT2D eigenvalue weighted by Crippen LogP contribution is 2.33. The molecule has 1 aromatic carbocycles. The molecule has 116 valence electrons. The number of likely N-dealkylation sites (tertiary alicyclic amines) is 1. The van der Waals surface area contributed by atoms with Gasteiger partial charge < -0.3 is 9.42 Å². The molecule has 4 nitrogen and oxygen atoms in total. The smallest absolute Gasteiger partial charge is 0.292 e. The molecule has 2 aromatic rings. The third kappa shape index (κ3) is 2.75. The first-order valence-corrected chi connectivity index (χ1v) is 7.59. The monoisotopic (exact) mass is 302 g/mol. The van der Waals surface area contributed by atoms with Crippen LogP contribution in [0.4, 0.5) is 4.39 Å². The average molecular weight is 302 g/mol. The molecule has 0 aliphatic carbocycles. The van der Waals surface area contributed by atoms with Gasteiger partial charge in [-0.05, 0) is 36.5 Å². The highest BCUT2D eigenvalue weighted by molar-refractivity contribution is 5.92. The molecule has 0 spiro atoms. The maximum absolute atomic E-state index is 13.4. The Morgan fingerprint density at radius 3 is 2.91 bits per heavy atom. The molecule has 1 aliphatic rings. The molecule has 0 unspecified atom stereocenters. The summed E-state index contributed by atoms with van der Waals surface area (Å²) in [6, 6.07) is 8.05. The second-order valence-corrected chi connectivity index (χ2v) is 5.98. The van der Waals surface area contributed by atoms with Crippen LogP contribution < -0.4 is 0 Å². The zero-order valence-corrected chi connectivity index (χ0v) is 12.8. The lowest BCUT2D eigenvalue weighted by atomic mass is 10.0. The van der Waals surface area contributed by atoms with Gasteiger partial charge in [0.25, 0.3) is 5.91 Å². The minimum absolute atomic E-state index is 0.101. The molecular formula is C17H19FN2O2. The Balaban J connectivity index is 1.84. The number of hydrogen-bond acceptors (Lipinski definition) is 3. The Morgan fingerprint density at radius 1 is 1.41 bits per heavy atom. The van der Waals surface area contributed by atoms with Crippen LogP contribution in [0.25, 0.3) is 0 Å². The predicted octanol–water partition coefficient (Wildman–Crippen LogP) is 3.91. The van der Waals surface area contributed by atoms with E-state index >= 15 is 0 Å². The lowest BCUT2D eigenvalue weighted by Crippen LogP contribution is -2.30. The Bertz CT molecular complexity index is 681. The van der Waals surface area contributed by atoms with Gasteiger partial charge in [-0.15, -0.1) is 0 Å². The lowest BCUT2D eigenvalue weighted by Gasteiger charge is -2.23. The maximum atomic E-state index is 13.4. The summed E-state index contributed by atoms with van der Waals surface area (Å²) < 4.78 is 18.6. The molecule has 0 N–H and O–H groups in total. The average Bonchev–Trinajstić information content (AvgIpc) is 3.16. The summed E-state index contributed by atoms with van der Waals surface area (Å²) in [5.74, 6) is 0.0135. The first-order chi connectivity index (χ1) is 10.6. The summed E-state index contributed by atoms with van der Waals surface area (Å²) in [4.78, 5) is 14.4. The fourth-order valence-electron chi connectivity index (χ4n) is 2.87. The van der Waals surface area contributed by atoms with Crippen molar-refractivity contribution in [1.29, 1.82) is 0 Å². The summed E-state index contributed by atoms with van der Waals surface area (Å²) in [6.07, 6.45) is 1.73. The topological polar surface area (TPSA) is 46.3 Å². The first kappa shape index (κ1) is 14.8. The van der Waals surface area contributed by atoms with Gasteiger partial charge in [0.1, 0.15) is 5.82 Å². The van der Waals surface area contributed by atoms with Crippen LogP contribution in [0.15, 0.2) is 34.9 Å². The van der Waals surface area contributed by atoms with E-state index in [2.05, 4.69) is 5.16 Å². The number of hydrogen-bond donors (Lipinski definition) is 0. The van der Waals surface area contributed by atoms with Crippen LogP contribution in [-0.4, -0.2) is 22.5 Å². The van der Waals surface area contributed by atoms with E-state index in [1.807, 2.05) is 19.9 Å². The molecule has 0 radical (unpaired) electrons. The van der Waals surface area contributed by atoms with E-state index in [4.69, 9.17) is 4.52 Å². The minimum Gasteiger partial charge on any atom is -0.351 e. The first-order valence-electron chi connectivity index (χ1n) is 7.59. The van der Waals surface area contributed by atoms with Crippen molar-refractivity contribution in [2.45, 2.75) is 38.6 Å². The van der Waals surface area contributed by atoms with E-state index in [1.165, 1.54) is 12.1 Å². The third-order valence-corrected chi connectivity index (χ3v) is 4.08. The Hall–Kier alpha value is -2.17. The molecule has 1 aliphatic heterocycles. The molecule has 2 heterocycles.